The van der Waals surface area contributed by atoms with Gasteiger partial charge in [0.15, 0.2) is 5.82 Å². The van der Waals surface area contributed by atoms with Crippen LogP contribution in [0.2, 0.25) is 0 Å². The van der Waals surface area contributed by atoms with Gasteiger partial charge in [0.25, 0.3) is 0 Å². The van der Waals surface area contributed by atoms with Gasteiger partial charge in [0.2, 0.25) is 0 Å². The molecule has 39 heavy (non-hydrogen) atoms. The Balaban J connectivity index is 1.48. The molecule has 4 aromatic heterocycles. The van der Waals surface area contributed by atoms with Gasteiger partial charge in [-0.15, -0.1) is 5.12 Å². The van der Waals surface area contributed by atoms with Gasteiger partial charge >= 0.3 is 0 Å². The van der Waals surface area contributed by atoms with Gasteiger partial charge < -0.3 is 5.73 Å². The Bertz CT molecular complexity index is 1740. The molecule has 0 saturated heterocycles. The molecule has 0 amide bonds. The number of aryl methyl sites for hydroxylation is 2. The first-order chi connectivity index (χ1) is 18.7. The summed E-state index contributed by atoms with van der Waals surface area (Å²) in [7, 11) is 3.82. The summed E-state index contributed by atoms with van der Waals surface area (Å²) in [6.07, 6.45) is 5.67. The summed E-state index contributed by atoms with van der Waals surface area (Å²) >= 11 is 0. The van der Waals surface area contributed by atoms with Gasteiger partial charge in [-0.2, -0.15) is 5.10 Å². The molecule has 0 spiro atoms. The van der Waals surface area contributed by atoms with E-state index in [2.05, 4.69) is 40.4 Å². The zero-order chi connectivity index (χ0) is 27.3. The minimum Gasteiger partial charge on any atom is -0.382 e. The van der Waals surface area contributed by atoms with Crippen LogP contribution in [0, 0.1) is 6.92 Å². The van der Waals surface area contributed by atoms with E-state index in [4.69, 9.17) is 20.7 Å². The van der Waals surface area contributed by atoms with Crippen LogP contribution >= 0.6 is 0 Å². The zero-order valence-corrected chi connectivity index (χ0v) is 22.6. The monoisotopic (exact) mass is 518 g/mol. The summed E-state index contributed by atoms with van der Waals surface area (Å²) in [6, 6.07) is 18.0. The molecule has 10 heteroatoms. The van der Waals surface area contributed by atoms with Gasteiger partial charge in [0.05, 0.1) is 28.1 Å². The van der Waals surface area contributed by atoms with Gasteiger partial charge in [-0.3, -0.25) is 25.1 Å². The lowest BCUT2D eigenvalue weighted by molar-refractivity contribution is -0.0460. The maximum absolute atomic E-state index is 6.57. The van der Waals surface area contributed by atoms with Crippen molar-refractivity contribution in [2.24, 2.45) is 7.05 Å². The highest BCUT2D eigenvalue weighted by Gasteiger charge is 2.36. The van der Waals surface area contributed by atoms with Gasteiger partial charge in [-0.1, -0.05) is 18.2 Å². The second kappa shape index (κ2) is 9.17. The first-order valence-electron chi connectivity index (χ1n) is 12.7. The molecule has 196 valence electrons. The third-order valence-corrected chi connectivity index (χ3v) is 6.96. The van der Waals surface area contributed by atoms with E-state index in [0.717, 1.165) is 33.6 Å². The maximum atomic E-state index is 6.57. The molecular weight excluding hydrogens is 488 g/mol. The average molecular weight is 519 g/mol. The fourth-order valence-electron chi connectivity index (χ4n) is 4.91. The molecule has 0 radical (unpaired) electrons. The van der Waals surface area contributed by atoms with E-state index < -0.39 is 5.54 Å². The van der Waals surface area contributed by atoms with E-state index in [1.807, 2.05) is 87.1 Å². The number of nitrogens with zero attached hydrogens (tertiary/aromatic N) is 8. The summed E-state index contributed by atoms with van der Waals surface area (Å²) in [5.74, 6) is 0.308. The van der Waals surface area contributed by atoms with E-state index in [0.29, 0.717) is 28.6 Å². The number of anilines is 1. The highest BCUT2D eigenvalue weighted by molar-refractivity contribution is 5.88. The van der Waals surface area contributed by atoms with Crippen molar-refractivity contribution < 1.29 is 0 Å². The standard InChI is InChI=1S/C29H30N10/c1-18-8-6-10-24(32-18)29(2,3)39-17-23(36-38(39)5)27-28(30)34-26(22-13-15-37(4)35-22)25(33-27)20-11-12-21-19(16-20)9-7-14-31-21/h6-17,36H,1-5H3,(H2,30,34). The number of hydrogen-bond donors (Lipinski definition) is 2. The Morgan fingerprint density at radius 2 is 1.74 bits per heavy atom. The van der Waals surface area contributed by atoms with E-state index >= 15 is 0 Å². The second-order valence-electron chi connectivity index (χ2n) is 10.2. The number of hydrazine groups is 2. The van der Waals surface area contributed by atoms with Gasteiger partial charge in [-0.25, -0.2) is 9.97 Å². The predicted molar refractivity (Wildman–Crippen MR) is 152 cm³/mol. The molecule has 1 aliphatic rings. The highest BCUT2D eigenvalue weighted by Crippen LogP contribution is 2.36. The van der Waals surface area contributed by atoms with Crippen molar-refractivity contribution in [3.63, 3.8) is 0 Å². The molecule has 1 aliphatic heterocycles. The summed E-state index contributed by atoms with van der Waals surface area (Å²) in [6.45, 7) is 6.25. The number of pyridine rings is 2. The number of nitrogens with one attached hydrogen (secondary N) is 1. The SMILES string of the molecule is Cc1cccc(C(C)(C)N2C=C(c3nc(-c4ccc5ncccc5c4)c(-c4ccn(C)n4)nc3N)NN2C)n1. The molecule has 0 atom stereocenters. The molecule has 1 aromatic carbocycles. The summed E-state index contributed by atoms with van der Waals surface area (Å²) in [4.78, 5) is 19.2. The quantitative estimate of drug-likeness (QED) is 0.352. The Labute approximate surface area is 226 Å². The van der Waals surface area contributed by atoms with Crippen LogP contribution < -0.4 is 11.2 Å². The van der Waals surface area contributed by atoms with Crippen molar-refractivity contribution in [2.45, 2.75) is 26.3 Å². The predicted octanol–water partition coefficient (Wildman–Crippen LogP) is 4.28. The van der Waals surface area contributed by atoms with Crippen molar-refractivity contribution in [3.8, 4) is 22.6 Å². The lowest BCUT2D eigenvalue weighted by Gasteiger charge is -2.39. The second-order valence-corrected chi connectivity index (χ2v) is 10.2. The van der Waals surface area contributed by atoms with Crippen molar-refractivity contribution in [2.75, 3.05) is 12.8 Å². The first kappa shape index (κ1) is 24.5. The lowest BCUT2D eigenvalue weighted by atomic mass is 9.99. The number of aromatic nitrogens is 6. The molecular formula is C29H30N10. The average Bonchev–Trinajstić information content (AvgIpc) is 3.54. The summed E-state index contributed by atoms with van der Waals surface area (Å²) in [5.41, 5.74) is 16.5. The normalized spacial score (nSPS) is 14.1. The number of nitrogens with two attached hydrogens (primary N) is 1. The van der Waals surface area contributed by atoms with Crippen LogP contribution in [-0.2, 0) is 12.6 Å². The van der Waals surface area contributed by atoms with Crippen LogP contribution in [0.15, 0.2) is 73.2 Å². The van der Waals surface area contributed by atoms with Crippen molar-refractivity contribution in [1.29, 1.82) is 0 Å². The molecule has 0 bridgehead atoms. The third-order valence-electron chi connectivity index (χ3n) is 6.96. The van der Waals surface area contributed by atoms with E-state index in [-0.39, 0.29) is 0 Å². The lowest BCUT2D eigenvalue weighted by Crippen LogP contribution is -2.48. The van der Waals surface area contributed by atoms with Gasteiger partial charge in [0.1, 0.15) is 17.1 Å². The third kappa shape index (κ3) is 4.34. The van der Waals surface area contributed by atoms with Crippen LogP contribution in [0.5, 0.6) is 0 Å². The largest absolute Gasteiger partial charge is 0.382 e. The van der Waals surface area contributed by atoms with Crippen LogP contribution in [0.25, 0.3) is 39.2 Å². The Hall–Kier alpha value is -4.83. The van der Waals surface area contributed by atoms with Crippen molar-refractivity contribution in [3.05, 3.63) is 90.3 Å². The number of benzene rings is 1. The molecule has 6 rings (SSSR count). The number of fused-ring (bicyclic) bond motifs is 1. The molecule has 0 aliphatic carbocycles. The smallest absolute Gasteiger partial charge is 0.152 e. The number of hydrogen-bond acceptors (Lipinski definition) is 9. The Morgan fingerprint density at radius 1 is 0.897 bits per heavy atom. The zero-order valence-electron chi connectivity index (χ0n) is 22.6. The first-order valence-corrected chi connectivity index (χ1v) is 12.7. The van der Waals surface area contributed by atoms with E-state index in [1.165, 1.54) is 0 Å². The molecule has 5 aromatic rings. The van der Waals surface area contributed by atoms with E-state index in [1.54, 1.807) is 10.9 Å². The molecule has 5 heterocycles. The molecule has 0 saturated carbocycles. The highest BCUT2D eigenvalue weighted by atomic mass is 15.8. The fourth-order valence-corrected chi connectivity index (χ4v) is 4.91. The van der Waals surface area contributed by atoms with Crippen molar-refractivity contribution >= 4 is 22.4 Å². The minimum absolute atomic E-state index is 0.308. The molecule has 3 N–H and O–H groups in total. The number of rotatable bonds is 5. The van der Waals surface area contributed by atoms with Crippen LogP contribution in [0.1, 0.15) is 30.9 Å². The topological polar surface area (TPSA) is 114 Å². The maximum Gasteiger partial charge on any atom is 0.152 e. The minimum atomic E-state index is -0.445. The summed E-state index contributed by atoms with van der Waals surface area (Å²) < 4.78 is 1.74. The summed E-state index contributed by atoms with van der Waals surface area (Å²) in [5, 5.41) is 9.59. The number of nitrogen functional groups attached to an aromatic ring is 1. The van der Waals surface area contributed by atoms with Crippen LogP contribution in [-0.4, -0.2) is 46.9 Å². The Kier molecular flexibility index (Phi) is 5.76. The molecule has 0 fully saturated rings. The fraction of sp³-hybridized carbons (Fsp3) is 0.207. The van der Waals surface area contributed by atoms with Gasteiger partial charge in [-0.05, 0) is 57.2 Å². The Morgan fingerprint density at radius 3 is 2.51 bits per heavy atom. The van der Waals surface area contributed by atoms with Crippen LogP contribution in [0.3, 0.4) is 0 Å². The molecule has 10 nitrogen and oxygen atoms in total. The van der Waals surface area contributed by atoms with Gasteiger partial charge in [0, 0.05) is 49.3 Å². The van der Waals surface area contributed by atoms with E-state index in [9.17, 15) is 0 Å². The van der Waals surface area contributed by atoms with Crippen molar-refractivity contribution in [1.82, 2.24) is 45.3 Å². The van der Waals surface area contributed by atoms with Crippen LogP contribution in [0.4, 0.5) is 5.82 Å². The molecule has 0 unspecified atom stereocenters.